The van der Waals surface area contributed by atoms with Crippen LogP contribution in [0.5, 0.6) is 11.5 Å². The number of nitrogens with zero attached hydrogens (tertiary/aromatic N) is 1. The zero-order valence-corrected chi connectivity index (χ0v) is 14.9. The van der Waals surface area contributed by atoms with E-state index in [0.717, 1.165) is 5.56 Å². The highest BCUT2D eigenvalue weighted by atomic mass is 16.6. The summed E-state index contributed by atoms with van der Waals surface area (Å²) in [6.07, 6.45) is 0.783. The van der Waals surface area contributed by atoms with Crippen LogP contribution in [0.1, 0.15) is 28.8 Å². The van der Waals surface area contributed by atoms with E-state index in [1.807, 2.05) is 30.3 Å². The van der Waals surface area contributed by atoms with Crippen molar-refractivity contribution in [3.8, 4) is 11.5 Å². The Hall–Kier alpha value is -3.02. The lowest BCUT2D eigenvalue weighted by Gasteiger charge is -2.39. The van der Waals surface area contributed by atoms with Gasteiger partial charge in [0, 0.05) is 18.7 Å². The average Bonchev–Trinajstić information content (AvgIpc) is 2.73. The smallest absolute Gasteiger partial charge is 0.314 e. The maximum absolute atomic E-state index is 12.9. The lowest BCUT2D eigenvalue weighted by atomic mass is 9.73. The Balaban J connectivity index is 1.51. The molecule has 6 nitrogen and oxygen atoms in total. The van der Waals surface area contributed by atoms with Crippen LogP contribution in [0, 0.1) is 0 Å². The number of benzene rings is 2. The van der Waals surface area contributed by atoms with Gasteiger partial charge in [-0.1, -0.05) is 30.3 Å². The maximum atomic E-state index is 12.9. The molecule has 0 aromatic heterocycles. The molecule has 0 atom stereocenters. The third-order valence-corrected chi connectivity index (χ3v) is 5.43. The number of hydrogen-bond donors (Lipinski definition) is 1. The molecule has 4 rings (SSSR count). The first-order valence-electron chi connectivity index (χ1n) is 9.08. The van der Waals surface area contributed by atoms with Crippen LogP contribution in [0.15, 0.2) is 48.5 Å². The molecule has 1 saturated heterocycles. The molecule has 1 fully saturated rings. The van der Waals surface area contributed by atoms with Crippen LogP contribution in [-0.2, 0) is 10.2 Å². The summed E-state index contributed by atoms with van der Waals surface area (Å²) in [4.78, 5) is 26.7. The number of carboxylic acids is 1. The number of carbonyl (C=O) groups is 2. The number of ether oxygens (including phenoxy) is 2. The number of carbonyl (C=O) groups excluding carboxylic acids is 1. The van der Waals surface area contributed by atoms with Gasteiger partial charge in [-0.25, -0.2) is 0 Å². The second-order valence-corrected chi connectivity index (χ2v) is 6.90. The highest BCUT2D eigenvalue weighted by Crippen LogP contribution is 2.37. The SMILES string of the molecule is O=C(c1ccc2c(c1)OCCO2)N1CCC(C(=O)O)(c2ccccc2)CC1. The molecule has 0 bridgehead atoms. The quantitative estimate of drug-likeness (QED) is 0.903. The van der Waals surface area contributed by atoms with Crippen LogP contribution in [-0.4, -0.2) is 48.2 Å². The zero-order valence-electron chi connectivity index (χ0n) is 14.9. The Bertz CT molecular complexity index is 856. The number of hydrogen-bond acceptors (Lipinski definition) is 4. The van der Waals surface area contributed by atoms with Crippen LogP contribution in [0.25, 0.3) is 0 Å². The minimum absolute atomic E-state index is 0.112. The van der Waals surface area contributed by atoms with Crippen molar-refractivity contribution in [3.05, 3.63) is 59.7 Å². The third kappa shape index (κ3) is 3.12. The van der Waals surface area contributed by atoms with Crippen molar-refractivity contribution < 1.29 is 24.2 Å². The van der Waals surface area contributed by atoms with Crippen LogP contribution in [0.4, 0.5) is 0 Å². The predicted molar refractivity (Wildman–Crippen MR) is 98.3 cm³/mol. The lowest BCUT2D eigenvalue weighted by Crippen LogP contribution is -2.49. The first kappa shape index (κ1) is 17.4. The monoisotopic (exact) mass is 367 g/mol. The highest BCUT2D eigenvalue weighted by Gasteiger charge is 2.43. The summed E-state index contributed by atoms with van der Waals surface area (Å²) < 4.78 is 11.0. The number of likely N-dealkylation sites (tertiary alicyclic amines) is 1. The molecule has 0 radical (unpaired) electrons. The Morgan fingerprint density at radius 1 is 0.926 bits per heavy atom. The van der Waals surface area contributed by atoms with E-state index < -0.39 is 11.4 Å². The fourth-order valence-electron chi connectivity index (χ4n) is 3.83. The average molecular weight is 367 g/mol. The van der Waals surface area contributed by atoms with Gasteiger partial charge in [-0.2, -0.15) is 0 Å². The summed E-state index contributed by atoms with van der Waals surface area (Å²) in [5.74, 6) is 0.276. The first-order chi connectivity index (χ1) is 13.1. The number of fused-ring (bicyclic) bond motifs is 1. The minimum atomic E-state index is -0.940. The molecule has 2 aliphatic heterocycles. The van der Waals surface area contributed by atoms with E-state index in [-0.39, 0.29) is 5.91 Å². The predicted octanol–water partition coefficient (Wildman–Crippen LogP) is 2.72. The standard InChI is InChI=1S/C21H21NO5/c23-19(15-6-7-17-18(14-15)27-13-12-26-17)22-10-8-21(9-11-22,20(24)25)16-4-2-1-3-5-16/h1-7,14H,8-13H2,(H,24,25). The summed E-state index contributed by atoms with van der Waals surface area (Å²) in [7, 11) is 0. The fraction of sp³-hybridized carbons (Fsp3) is 0.333. The van der Waals surface area contributed by atoms with E-state index in [0.29, 0.717) is 56.2 Å². The second kappa shape index (κ2) is 6.95. The van der Waals surface area contributed by atoms with E-state index in [1.54, 1.807) is 23.1 Å². The van der Waals surface area contributed by atoms with Crippen molar-refractivity contribution in [1.82, 2.24) is 4.90 Å². The van der Waals surface area contributed by atoms with Crippen molar-refractivity contribution >= 4 is 11.9 Å². The molecule has 6 heteroatoms. The molecule has 140 valence electrons. The van der Waals surface area contributed by atoms with Crippen molar-refractivity contribution in [2.24, 2.45) is 0 Å². The molecule has 0 unspecified atom stereocenters. The number of piperidine rings is 1. The molecule has 0 saturated carbocycles. The number of rotatable bonds is 3. The minimum Gasteiger partial charge on any atom is -0.486 e. The van der Waals surface area contributed by atoms with E-state index >= 15 is 0 Å². The fourth-order valence-corrected chi connectivity index (χ4v) is 3.83. The Kier molecular flexibility index (Phi) is 4.48. The lowest BCUT2D eigenvalue weighted by molar-refractivity contribution is -0.145. The summed E-state index contributed by atoms with van der Waals surface area (Å²) in [6, 6.07) is 14.5. The van der Waals surface area contributed by atoms with Gasteiger partial charge in [-0.3, -0.25) is 9.59 Å². The van der Waals surface area contributed by atoms with Gasteiger partial charge in [0.1, 0.15) is 13.2 Å². The van der Waals surface area contributed by atoms with Gasteiger partial charge in [0.15, 0.2) is 11.5 Å². The van der Waals surface area contributed by atoms with Crippen LogP contribution in [0.2, 0.25) is 0 Å². The van der Waals surface area contributed by atoms with Crippen molar-refractivity contribution in [1.29, 1.82) is 0 Å². The summed E-state index contributed by atoms with van der Waals surface area (Å²) in [5.41, 5.74) is 0.385. The largest absolute Gasteiger partial charge is 0.486 e. The Morgan fingerprint density at radius 2 is 1.59 bits per heavy atom. The van der Waals surface area contributed by atoms with E-state index in [9.17, 15) is 14.7 Å². The van der Waals surface area contributed by atoms with Gasteiger partial charge in [0.2, 0.25) is 0 Å². The van der Waals surface area contributed by atoms with E-state index in [4.69, 9.17) is 9.47 Å². The van der Waals surface area contributed by atoms with Crippen LogP contribution >= 0.6 is 0 Å². The molecule has 2 heterocycles. The number of aliphatic carboxylic acids is 1. The van der Waals surface area contributed by atoms with Crippen molar-refractivity contribution in [3.63, 3.8) is 0 Å². The van der Waals surface area contributed by atoms with Gasteiger partial charge in [0.05, 0.1) is 5.41 Å². The number of carboxylic acid groups (broad SMARTS) is 1. The van der Waals surface area contributed by atoms with Crippen LogP contribution in [0.3, 0.4) is 0 Å². The summed E-state index contributed by atoms with van der Waals surface area (Å²) in [5, 5.41) is 9.88. The highest BCUT2D eigenvalue weighted by molar-refractivity contribution is 5.95. The molecule has 1 amide bonds. The zero-order chi connectivity index (χ0) is 18.9. The molecular formula is C21H21NO5. The molecule has 1 N–H and O–H groups in total. The number of amides is 1. The summed E-state index contributed by atoms with van der Waals surface area (Å²) in [6.45, 7) is 1.76. The molecular weight excluding hydrogens is 346 g/mol. The van der Waals surface area contributed by atoms with Crippen LogP contribution < -0.4 is 9.47 Å². The van der Waals surface area contributed by atoms with Crippen molar-refractivity contribution in [2.45, 2.75) is 18.3 Å². The molecule has 27 heavy (non-hydrogen) atoms. The normalized spacial score (nSPS) is 18.0. The first-order valence-corrected chi connectivity index (χ1v) is 9.08. The Labute approximate surface area is 157 Å². The topological polar surface area (TPSA) is 76.1 Å². The Morgan fingerprint density at radius 3 is 2.26 bits per heavy atom. The van der Waals surface area contributed by atoms with Crippen molar-refractivity contribution in [2.75, 3.05) is 26.3 Å². The molecule has 0 spiro atoms. The molecule has 2 aliphatic rings. The maximum Gasteiger partial charge on any atom is 0.314 e. The third-order valence-electron chi connectivity index (χ3n) is 5.43. The molecule has 2 aromatic rings. The van der Waals surface area contributed by atoms with Gasteiger partial charge >= 0.3 is 5.97 Å². The van der Waals surface area contributed by atoms with Gasteiger partial charge in [-0.05, 0) is 36.6 Å². The van der Waals surface area contributed by atoms with Gasteiger partial charge < -0.3 is 19.5 Å². The van der Waals surface area contributed by atoms with E-state index in [1.165, 1.54) is 0 Å². The second-order valence-electron chi connectivity index (χ2n) is 6.90. The van der Waals surface area contributed by atoms with Gasteiger partial charge in [0.25, 0.3) is 5.91 Å². The van der Waals surface area contributed by atoms with E-state index in [2.05, 4.69) is 0 Å². The van der Waals surface area contributed by atoms with Gasteiger partial charge in [-0.15, -0.1) is 0 Å². The summed E-state index contributed by atoms with van der Waals surface area (Å²) >= 11 is 0. The molecule has 0 aliphatic carbocycles. The molecule has 2 aromatic carbocycles.